The minimum atomic E-state index is -0.159. The Morgan fingerprint density at radius 1 is 1.58 bits per heavy atom. The molecule has 1 N–H and O–H groups in total. The largest absolute Gasteiger partial charge is 0.273 e. The highest BCUT2D eigenvalue weighted by Crippen LogP contribution is 1.91. The molecule has 0 fully saturated rings. The summed E-state index contributed by atoms with van der Waals surface area (Å²) in [7, 11) is 0. The van der Waals surface area contributed by atoms with E-state index in [2.05, 4.69) is 12.4 Å². The average Bonchev–Trinajstić information content (AvgIpc) is 2.10. The molecule has 0 heterocycles. The third kappa shape index (κ3) is 4.91. The molecule has 0 aliphatic heterocycles. The van der Waals surface area contributed by atoms with E-state index in [1.54, 1.807) is 13.0 Å². The van der Waals surface area contributed by atoms with Crippen molar-refractivity contribution in [3.05, 3.63) is 11.6 Å². The van der Waals surface area contributed by atoms with Gasteiger partial charge in [-0.25, -0.2) is 5.48 Å². The molecule has 3 nitrogen and oxygen atoms in total. The predicted octanol–water partition coefficient (Wildman–Crippen LogP) is 1.80. The first-order valence-corrected chi connectivity index (χ1v) is 4.27. The van der Waals surface area contributed by atoms with Crippen molar-refractivity contribution in [1.82, 2.24) is 5.48 Å². The second-order valence-electron chi connectivity index (χ2n) is 2.60. The molecule has 0 saturated carbocycles. The SMILES string of the molecule is CC=C(C)C(=O)NOCCCC. The Labute approximate surface area is 73.7 Å². The Hall–Kier alpha value is -0.830. The number of allylic oxidation sites excluding steroid dienone is 1. The minimum Gasteiger partial charge on any atom is -0.273 e. The molecular weight excluding hydrogens is 154 g/mol. The first-order chi connectivity index (χ1) is 5.72. The van der Waals surface area contributed by atoms with Crippen LogP contribution in [0.5, 0.6) is 0 Å². The summed E-state index contributed by atoms with van der Waals surface area (Å²) < 4.78 is 0. The van der Waals surface area contributed by atoms with Crippen molar-refractivity contribution in [2.45, 2.75) is 33.6 Å². The maximum absolute atomic E-state index is 11.0. The monoisotopic (exact) mass is 171 g/mol. The Kier molecular flexibility index (Phi) is 6.38. The van der Waals surface area contributed by atoms with Crippen LogP contribution in [0.3, 0.4) is 0 Å². The summed E-state index contributed by atoms with van der Waals surface area (Å²) in [4.78, 5) is 16.0. The van der Waals surface area contributed by atoms with E-state index in [9.17, 15) is 4.79 Å². The van der Waals surface area contributed by atoms with Gasteiger partial charge in [0.05, 0.1) is 6.61 Å². The predicted molar refractivity (Wildman–Crippen MR) is 48.4 cm³/mol. The smallest absolute Gasteiger partial charge is 0.270 e. The third-order valence-electron chi connectivity index (χ3n) is 1.56. The van der Waals surface area contributed by atoms with Gasteiger partial charge in [0.1, 0.15) is 0 Å². The van der Waals surface area contributed by atoms with Crippen molar-refractivity contribution < 1.29 is 9.63 Å². The van der Waals surface area contributed by atoms with Crippen LogP contribution >= 0.6 is 0 Å². The zero-order chi connectivity index (χ0) is 9.40. The lowest BCUT2D eigenvalue weighted by molar-refractivity contribution is -0.129. The normalized spacial score (nSPS) is 11.4. The zero-order valence-corrected chi connectivity index (χ0v) is 8.02. The molecule has 0 aliphatic rings. The highest BCUT2D eigenvalue weighted by atomic mass is 16.6. The quantitative estimate of drug-likeness (QED) is 0.389. The molecular formula is C9H17NO2. The van der Waals surface area contributed by atoms with E-state index in [4.69, 9.17) is 4.84 Å². The molecule has 1 amide bonds. The first-order valence-electron chi connectivity index (χ1n) is 4.27. The average molecular weight is 171 g/mol. The standard InChI is InChI=1S/C9H17NO2/c1-4-6-7-12-10-9(11)8(3)5-2/h5H,4,6-7H2,1-3H3,(H,10,11). The number of carbonyl (C=O) groups is 1. The zero-order valence-electron chi connectivity index (χ0n) is 8.02. The van der Waals surface area contributed by atoms with Crippen LogP contribution in [-0.4, -0.2) is 12.5 Å². The second-order valence-corrected chi connectivity index (χ2v) is 2.60. The lowest BCUT2D eigenvalue weighted by atomic mass is 10.3. The van der Waals surface area contributed by atoms with Gasteiger partial charge in [-0.15, -0.1) is 0 Å². The van der Waals surface area contributed by atoms with E-state index in [0.29, 0.717) is 12.2 Å². The van der Waals surface area contributed by atoms with Crippen LogP contribution < -0.4 is 5.48 Å². The molecule has 3 heteroatoms. The number of unbranched alkanes of at least 4 members (excludes halogenated alkanes) is 1. The van der Waals surface area contributed by atoms with Crippen molar-refractivity contribution >= 4 is 5.91 Å². The van der Waals surface area contributed by atoms with Crippen molar-refractivity contribution in [3.63, 3.8) is 0 Å². The molecule has 0 aromatic carbocycles. The Bertz CT molecular complexity index is 164. The summed E-state index contributed by atoms with van der Waals surface area (Å²) in [5.41, 5.74) is 3.03. The van der Waals surface area contributed by atoms with Crippen LogP contribution in [0.4, 0.5) is 0 Å². The van der Waals surface area contributed by atoms with Gasteiger partial charge >= 0.3 is 0 Å². The second kappa shape index (κ2) is 6.85. The minimum absolute atomic E-state index is 0.159. The van der Waals surface area contributed by atoms with E-state index >= 15 is 0 Å². The number of amides is 1. The maximum atomic E-state index is 11.0. The van der Waals surface area contributed by atoms with E-state index in [0.717, 1.165) is 12.8 Å². The van der Waals surface area contributed by atoms with Gasteiger partial charge in [-0.3, -0.25) is 9.63 Å². The van der Waals surface area contributed by atoms with Gasteiger partial charge in [0, 0.05) is 5.57 Å². The van der Waals surface area contributed by atoms with Crippen molar-refractivity contribution in [2.24, 2.45) is 0 Å². The number of hydroxylamine groups is 1. The fraction of sp³-hybridized carbons (Fsp3) is 0.667. The number of nitrogens with one attached hydrogen (secondary N) is 1. The van der Waals surface area contributed by atoms with Crippen molar-refractivity contribution in [2.75, 3.05) is 6.61 Å². The molecule has 12 heavy (non-hydrogen) atoms. The van der Waals surface area contributed by atoms with Gasteiger partial charge in [-0.05, 0) is 20.3 Å². The van der Waals surface area contributed by atoms with Crippen LogP contribution in [0.15, 0.2) is 11.6 Å². The lowest BCUT2D eigenvalue weighted by Crippen LogP contribution is -2.24. The highest BCUT2D eigenvalue weighted by Gasteiger charge is 2.00. The van der Waals surface area contributed by atoms with Crippen LogP contribution in [0.1, 0.15) is 33.6 Å². The topological polar surface area (TPSA) is 38.3 Å². The summed E-state index contributed by atoms with van der Waals surface area (Å²) in [6.07, 6.45) is 3.78. The fourth-order valence-electron chi connectivity index (χ4n) is 0.545. The molecule has 0 aromatic rings. The molecule has 0 spiro atoms. The molecule has 0 aliphatic carbocycles. The lowest BCUT2D eigenvalue weighted by Gasteiger charge is -2.04. The van der Waals surface area contributed by atoms with Gasteiger partial charge in [0.25, 0.3) is 5.91 Å². The summed E-state index contributed by atoms with van der Waals surface area (Å²) >= 11 is 0. The van der Waals surface area contributed by atoms with E-state index in [1.165, 1.54) is 0 Å². The summed E-state index contributed by atoms with van der Waals surface area (Å²) in [6, 6.07) is 0. The van der Waals surface area contributed by atoms with E-state index < -0.39 is 0 Å². The van der Waals surface area contributed by atoms with Crippen LogP contribution in [0.25, 0.3) is 0 Å². The van der Waals surface area contributed by atoms with E-state index in [1.807, 2.05) is 6.92 Å². The number of hydrogen-bond acceptors (Lipinski definition) is 2. The maximum Gasteiger partial charge on any atom is 0.270 e. The van der Waals surface area contributed by atoms with Crippen LogP contribution in [0, 0.1) is 0 Å². The van der Waals surface area contributed by atoms with Gasteiger partial charge in [0.2, 0.25) is 0 Å². The van der Waals surface area contributed by atoms with Crippen LogP contribution in [0.2, 0.25) is 0 Å². The number of carbonyl (C=O) groups excluding carboxylic acids is 1. The number of rotatable bonds is 5. The summed E-state index contributed by atoms with van der Waals surface area (Å²) in [5, 5.41) is 0. The molecule has 0 rings (SSSR count). The van der Waals surface area contributed by atoms with E-state index in [-0.39, 0.29) is 5.91 Å². The molecule has 0 unspecified atom stereocenters. The van der Waals surface area contributed by atoms with Gasteiger partial charge in [0.15, 0.2) is 0 Å². The van der Waals surface area contributed by atoms with Gasteiger partial charge in [-0.1, -0.05) is 19.4 Å². The van der Waals surface area contributed by atoms with Crippen LogP contribution in [-0.2, 0) is 9.63 Å². The molecule has 70 valence electrons. The Morgan fingerprint density at radius 2 is 2.25 bits per heavy atom. The van der Waals surface area contributed by atoms with Crippen molar-refractivity contribution in [3.8, 4) is 0 Å². The molecule has 0 bridgehead atoms. The Balaban J connectivity index is 3.45. The molecule has 0 radical (unpaired) electrons. The fourth-order valence-corrected chi connectivity index (χ4v) is 0.545. The summed E-state index contributed by atoms with van der Waals surface area (Å²) in [5.74, 6) is -0.159. The third-order valence-corrected chi connectivity index (χ3v) is 1.56. The highest BCUT2D eigenvalue weighted by molar-refractivity contribution is 5.91. The van der Waals surface area contributed by atoms with Crippen molar-refractivity contribution in [1.29, 1.82) is 0 Å². The van der Waals surface area contributed by atoms with Gasteiger partial charge in [-0.2, -0.15) is 0 Å². The van der Waals surface area contributed by atoms with Gasteiger partial charge < -0.3 is 0 Å². The number of hydrogen-bond donors (Lipinski definition) is 1. The summed E-state index contributed by atoms with van der Waals surface area (Å²) in [6.45, 7) is 6.22. The first kappa shape index (κ1) is 11.2. The molecule has 0 saturated heterocycles. The molecule has 0 atom stereocenters. The Morgan fingerprint density at radius 3 is 2.75 bits per heavy atom. The molecule has 0 aromatic heterocycles.